The lowest BCUT2D eigenvalue weighted by Gasteiger charge is -1.87. The van der Waals surface area contributed by atoms with E-state index in [0.717, 1.165) is 16.5 Å². The Hall–Kier alpha value is -1.77. The van der Waals surface area contributed by atoms with Gasteiger partial charge in [-0.25, -0.2) is 0 Å². The Balaban J connectivity index is 2.70. The number of nitrogens with zero attached hydrogens (tertiary/aromatic N) is 1. The number of oxime groups is 1. The highest BCUT2D eigenvalue weighted by Crippen LogP contribution is 2.15. The fourth-order valence-corrected chi connectivity index (χ4v) is 1.26. The number of rotatable bonds is 1. The van der Waals surface area contributed by atoms with Gasteiger partial charge in [-0.05, 0) is 6.07 Å². The summed E-state index contributed by atoms with van der Waals surface area (Å²) >= 11 is 0. The molecule has 0 unspecified atom stereocenters. The van der Waals surface area contributed by atoms with E-state index in [9.17, 15) is 0 Å². The second-order valence-electron chi connectivity index (χ2n) is 2.53. The van der Waals surface area contributed by atoms with Gasteiger partial charge < -0.3 is 10.2 Å². The third-order valence-electron chi connectivity index (χ3n) is 1.82. The lowest BCUT2D eigenvalue weighted by atomic mass is 10.2. The van der Waals surface area contributed by atoms with Gasteiger partial charge in [-0.15, -0.1) is 0 Å². The Morgan fingerprint density at radius 1 is 1.33 bits per heavy atom. The molecule has 2 rings (SSSR count). The normalized spacial score (nSPS) is 11.3. The van der Waals surface area contributed by atoms with E-state index in [0.29, 0.717) is 0 Å². The highest BCUT2D eigenvalue weighted by molar-refractivity contribution is 5.98. The van der Waals surface area contributed by atoms with Crippen LogP contribution >= 0.6 is 0 Å². The van der Waals surface area contributed by atoms with Gasteiger partial charge in [0.1, 0.15) is 0 Å². The number of nitrogens with one attached hydrogen (secondary N) is 1. The van der Waals surface area contributed by atoms with Crippen LogP contribution < -0.4 is 0 Å². The summed E-state index contributed by atoms with van der Waals surface area (Å²) in [7, 11) is 0. The van der Waals surface area contributed by atoms with Crippen molar-refractivity contribution in [2.45, 2.75) is 0 Å². The second-order valence-corrected chi connectivity index (χ2v) is 2.53. The van der Waals surface area contributed by atoms with Crippen LogP contribution in [-0.2, 0) is 0 Å². The first-order valence-electron chi connectivity index (χ1n) is 3.65. The molecule has 0 radical (unpaired) electrons. The Labute approximate surface area is 69.3 Å². The van der Waals surface area contributed by atoms with Gasteiger partial charge in [0.05, 0.1) is 6.21 Å². The highest BCUT2D eigenvalue weighted by atomic mass is 16.4. The molecule has 0 fully saturated rings. The summed E-state index contributed by atoms with van der Waals surface area (Å²) in [5.41, 5.74) is 1.94. The van der Waals surface area contributed by atoms with Crippen LogP contribution in [0.25, 0.3) is 10.9 Å². The zero-order chi connectivity index (χ0) is 8.39. The van der Waals surface area contributed by atoms with E-state index in [1.54, 1.807) is 0 Å². The summed E-state index contributed by atoms with van der Waals surface area (Å²) < 4.78 is 0. The van der Waals surface area contributed by atoms with Gasteiger partial charge in [-0.2, -0.15) is 0 Å². The molecule has 2 aromatic rings. The molecular weight excluding hydrogens is 152 g/mol. The van der Waals surface area contributed by atoms with Crippen molar-refractivity contribution >= 4 is 17.1 Å². The monoisotopic (exact) mass is 160 g/mol. The van der Waals surface area contributed by atoms with E-state index in [4.69, 9.17) is 5.21 Å². The van der Waals surface area contributed by atoms with Crippen molar-refractivity contribution in [2.24, 2.45) is 5.16 Å². The van der Waals surface area contributed by atoms with Crippen molar-refractivity contribution in [1.82, 2.24) is 4.98 Å². The minimum absolute atomic E-state index is 0.896. The molecule has 1 aromatic carbocycles. The molecule has 60 valence electrons. The Bertz CT molecular complexity index is 417. The van der Waals surface area contributed by atoms with Crippen molar-refractivity contribution in [3.63, 3.8) is 0 Å². The standard InChI is InChI=1S/C9H8N2O/c12-11-6-7-5-10-9-4-2-1-3-8(7)9/h1-6,10,12H/b11-6-. The number of hydrogen-bond donors (Lipinski definition) is 2. The fourth-order valence-electron chi connectivity index (χ4n) is 1.26. The zero-order valence-corrected chi connectivity index (χ0v) is 6.36. The number of para-hydroxylation sites is 1. The van der Waals surface area contributed by atoms with Crippen molar-refractivity contribution in [3.05, 3.63) is 36.0 Å². The Morgan fingerprint density at radius 3 is 3.00 bits per heavy atom. The molecule has 0 aliphatic carbocycles. The van der Waals surface area contributed by atoms with Crippen molar-refractivity contribution in [2.75, 3.05) is 0 Å². The van der Waals surface area contributed by atoms with Crippen molar-refractivity contribution in [1.29, 1.82) is 0 Å². The first-order chi connectivity index (χ1) is 5.92. The average molecular weight is 160 g/mol. The van der Waals surface area contributed by atoms with E-state index in [1.807, 2.05) is 30.5 Å². The van der Waals surface area contributed by atoms with Gasteiger partial charge in [-0.1, -0.05) is 23.4 Å². The van der Waals surface area contributed by atoms with Crippen LogP contribution in [0.5, 0.6) is 0 Å². The van der Waals surface area contributed by atoms with Crippen LogP contribution in [-0.4, -0.2) is 16.4 Å². The molecule has 0 bridgehead atoms. The van der Waals surface area contributed by atoms with E-state index >= 15 is 0 Å². The first-order valence-corrected chi connectivity index (χ1v) is 3.65. The molecular formula is C9H8N2O. The van der Waals surface area contributed by atoms with Crippen LogP contribution in [0.1, 0.15) is 5.56 Å². The molecule has 2 N–H and O–H groups in total. The van der Waals surface area contributed by atoms with Crippen molar-refractivity contribution in [3.8, 4) is 0 Å². The third-order valence-corrected chi connectivity index (χ3v) is 1.82. The lowest BCUT2D eigenvalue weighted by molar-refractivity contribution is 0.322. The molecule has 1 heterocycles. The van der Waals surface area contributed by atoms with Gasteiger partial charge in [-0.3, -0.25) is 0 Å². The molecule has 0 aliphatic heterocycles. The summed E-state index contributed by atoms with van der Waals surface area (Å²) in [5, 5.41) is 12.4. The Kier molecular flexibility index (Phi) is 1.55. The average Bonchev–Trinajstić information content (AvgIpc) is 2.50. The third kappa shape index (κ3) is 0.955. The van der Waals surface area contributed by atoms with E-state index in [-0.39, 0.29) is 0 Å². The lowest BCUT2D eigenvalue weighted by Crippen LogP contribution is -1.75. The van der Waals surface area contributed by atoms with Crippen LogP contribution in [0.4, 0.5) is 0 Å². The van der Waals surface area contributed by atoms with Gasteiger partial charge in [0.15, 0.2) is 0 Å². The zero-order valence-electron chi connectivity index (χ0n) is 6.36. The molecule has 0 atom stereocenters. The maximum atomic E-state index is 8.35. The molecule has 3 heteroatoms. The predicted molar refractivity (Wildman–Crippen MR) is 47.7 cm³/mol. The summed E-state index contributed by atoms with van der Waals surface area (Å²) in [6.45, 7) is 0. The van der Waals surface area contributed by atoms with Gasteiger partial charge >= 0.3 is 0 Å². The van der Waals surface area contributed by atoms with Crippen LogP contribution in [0.3, 0.4) is 0 Å². The summed E-state index contributed by atoms with van der Waals surface area (Å²) in [6, 6.07) is 7.86. The summed E-state index contributed by atoms with van der Waals surface area (Å²) in [4.78, 5) is 3.07. The maximum Gasteiger partial charge on any atom is 0.0755 e. The fraction of sp³-hybridized carbons (Fsp3) is 0. The van der Waals surface area contributed by atoms with E-state index < -0.39 is 0 Å². The molecule has 0 spiro atoms. The van der Waals surface area contributed by atoms with Crippen LogP contribution in [0.15, 0.2) is 35.6 Å². The predicted octanol–water partition coefficient (Wildman–Crippen LogP) is 1.98. The number of aromatic nitrogens is 1. The number of H-pyrrole nitrogens is 1. The Morgan fingerprint density at radius 2 is 2.17 bits per heavy atom. The number of aromatic amines is 1. The van der Waals surface area contributed by atoms with Crippen LogP contribution in [0.2, 0.25) is 0 Å². The van der Waals surface area contributed by atoms with E-state index in [2.05, 4.69) is 10.1 Å². The van der Waals surface area contributed by atoms with Gasteiger partial charge in [0.25, 0.3) is 0 Å². The first kappa shape index (κ1) is 6.91. The van der Waals surface area contributed by atoms with Crippen LogP contribution in [0, 0.1) is 0 Å². The largest absolute Gasteiger partial charge is 0.411 e. The van der Waals surface area contributed by atoms with Crippen molar-refractivity contribution < 1.29 is 5.21 Å². The molecule has 0 aliphatic rings. The van der Waals surface area contributed by atoms with E-state index in [1.165, 1.54) is 6.21 Å². The summed E-state index contributed by atoms with van der Waals surface area (Å²) in [5.74, 6) is 0. The minimum atomic E-state index is 0.896. The highest BCUT2D eigenvalue weighted by Gasteiger charge is 1.98. The van der Waals surface area contributed by atoms with Gasteiger partial charge in [0, 0.05) is 22.7 Å². The number of benzene rings is 1. The molecule has 0 amide bonds. The second kappa shape index (κ2) is 2.70. The molecule has 0 saturated heterocycles. The topological polar surface area (TPSA) is 48.4 Å². The quantitative estimate of drug-likeness (QED) is 0.374. The molecule has 0 saturated carbocycles. The smallest absolute Gasteiger partial charge is 0.0755 e. The molecule has 1 aromatic heterocycles. The SMILES string of the molecule is O/N=C\c1c[nH]c2ccccc12. The van der Waals surface area contributed by atoms with Gasteiger partial charge in [0.2, 0.25) is 0 Å². The molecule has 3 nitrogen and oxygen atoms in total. The number of fused-ring (bicyclic) bond motifs is 1. The summed E-state index contributed by atoms with van der Waals surface area (Å²) in [6.07, 6.45) is 3.23. The maximum absolute atomic E-state index is 8.35. The number of hydrogen-bond acceptors (Lipinski definition) is 2. The molecule has 12 heavy (non-hydrogen) atoms. The minimum Gasteiger partial charge on any atom is -0.411 e.